The standard InChI is InChI=1S/C51H102NO7P/c1-6-8-10-12-14-16-18-20-21-22-23-24-25-26-27-28-29-30-31-32-34-36-38-40-42-44-51(53)59-50(49-58-60(54,55)57-47-45-52(3,4)5)48-56-46-43-41-39-37-35-33-19-17-15-13-11-9-7-2/h15,17,50H,6-14,16,18-49H2,1-5H3/b17-15-. The molecule has 8 nitrogen and oxygen atoms in total. The van der Waals surface area contributed by atoms with Crippen molar-refractivity contribution in [3.8, 4) is 0 Å². The van der Waals surface area contributed by atoms with E-state index in [0.717, 1.165) is 32.1 Å². The summed E-state index contributed by atoms with van der Waals surface area (Å²) in [5.41, 5.74) is 0. The number of rotatable bonds is 49. The lowest BCUT2D eigenvalue weighted by Gasteiger charge is -2.28. The van der Waals surface area contributed by atoms with Gasteiger partial charge in [-0.15, -0.1) is 0 Å². The van der Waals surface area contributed by atoms with Crippen LogP contribution in [-0.2, 0) is 27.9 Å². The second kappa shape index (κ2) is 44.8. The van der Waals surface area contributed by atoms with Crippen LogP contribution in [0.25, 0.3) is 0 Å². The quantitative estimate of drug-likeness (QED) is 0.0198. The van der Waals surface area contributed by atoms with Crippen LogP contribution >= 0.6 is 7.82 Å². The first-order valence-corrected chi connectivity index (χ1v) is 27.4. The number of esters is 1. The number of phosphoric ester groups is 1. The van der Waals surface area contributed by atoms with Gasteiger partial charge in [0.1, 0.15) is 19.3 Å². The summed E-state index contributed by atoms with van der Waals surface area (Å²) in [6.07, 6.45) is 51.0. The number of hydrogen-bond donors (Lipinski definition) is 0. The molecule has 0 fully saturated rings. The minimum atomic E-state index is -4.52. The van der Waals surface area contributed by atoms with Crippen LogP contribution in [0.15, 0.2) is 12.2 Å². The highest BCUT2D eigenvalue weighted by molar-refractivity contribution is 7.45. The van der Waals surface area contributed by atoms with Crippen molar-refractivity contribution in [1.82, 2.24) is 0 Å². The maximum atomic E-state index is 12.7. The third kappa shape index (κ3) is 48.3. The van der Waals surface area contributed by atoms with Gasteiger partial charge in [-0.2, -0.15) is 0 Å². The average molecular weight is 872 g/mol. The van der Waals surface area contributed by atoms with Crippen LogP contribution in [0.3, 0.4) is 0 Å². The van der Waals surface area contributed by atoms with Crippen LogP contribution < -0.4 is 4.89 Å². The van der Waals surface area contributed by atoms with E-state index in [4.69, 9.17) is 18.5 Å². The van der Waals surface area contributed by atoms with Crippen LogP contribution in [0.2, 0.25) is 0 Å². The fourth-order valence-electron chi connectivity index (χ4n) is 7.54. The van der Waals surface area contributed by atoms with Gasteiger partial charge in [0.05, 0.1) is 34.4 Å². The molecule has 0 aliphatic heterocycles. The van der Waals surface area contributed by atoms with Crippen molar-refractivity contribution in [3.05, 3.63) is 12.2 Å². The van der Waals surface area contributed by atoms with Crippen molar-refractivity contribution in [2.75, 3.05) is 54.1 Å². The Kier molecular flexibility index (Phi) is 44.3. The van der Waals surface area contributed by atoms with Gasteiger partial charge >= 0.3 is 5.97 Å². The lowest BCUT2D eigenvalue weighted by molar-refractivity contribution is -0.870. The van der Waals surface area contributed by atoms with E-state index in [-0.39, 0.29) is 25.8 Å². The maximum absolute atomic E-state index is 12.7. The Morgan fingerprint density at radius 2 is 0.867 bits per heavy atom. The molecule has 2 unspecified atom stereocenters. The predicted octanol–water partition coefficient (Wildman–Crippen LogP) is 15.2. The molecule has 0 heterocycles. The minimum Gasteiger partial charge on any atom is -0.756 e. The first-order chi connectivity index (χ1) is 29.1. The second-order valence-electron chi connectivity index (χ2n) is 18.9. The third-order valence-electron chi connectivity index (χ3n) is 11.6. The van der Waals surface area contributed by atoms with Crippen LogP contribution in [0.5, 0.6) is 0 Å². The first kappa shape index (κ1) is 59.2. The molecular weight excluding hydrogens is 770 g/mol. The Balaban J connectivity index is 4.01. The molecule has 0 aromatic carbocycles. The smallest absolute Gasteiger partial charge is 0.306 e. The molecule has 2 atom stereocenters. The van der Waals surface area contributed by atoms with Crippen LogP contribution in [0.4, 0.5) is 0 Å². The van der Waals surface area contributed by atoms with Crippen molar-refractivity contribution in [1.29, 1.82) is 0 Å². The molecule has 60 heavy (non-hydrogen) atoms. The lowest BCUT2D eigenvalue weighted by Crippen LogP contribution is -2.37. The highest BCUT2D eigenvalue weighted by atomic mass is 31.2. The largest absolute Gasteiger partial charge is 0.756 e. The topological polar surface area (TPSA) is 94.1 Å². The number of carbonyl (C=O) groups excluding carboxylic acids is 1. The zero-order valence-corrected chi connectivity index (χ0v) is 41.6. The number of allylic oxidation sites excluding steroid dienone is 2. The van der Waals surface area contributed by atoms with Gasteiger partial charge in [0.2, 0.25) is 0 Å². The number of nitrogens with zero attached hydrogens (tertiary/aromatic N) is 1. The fourth-order valence-corrected chi connectivity index (χ4v) is 8.27. The number of unbranched alkanes of at least 4 members (excludes halogenated alkanes) is 33. The van der Waals surface area contributed by atoms with E-state index in [1.807, 2.05) is 21.1 Å². The number of phosphoric acid groups is 1. The number of likely N-dealkylation sites (N-methyl/N-ethyl adjacent to an activating group) is 1. The minimum absolute atomic E-state index is 0.0283. The summed E-state index contributed by atoms with van der Waals surface area (Å²) in [7, 11) is 1.37. The van der Waals surface area contributed by atoms with E-state index in [0.29, 0.717) is 24.1 Å². The van der Waals surface area contributed by atoms with Gasteiger partial charge < -0.3 is 27.9 Å². The number of ether oxygens (including phenoxy) is 2. The van der Waals surface area contributed by atoms with Gasteiger partial charge in [-0.3, -0.25) is 9.36 Å². The normalized spacial score (nSPS) is 13.6. The van der Waals surface area contributed by atoms with Gasteiger partial charge in [-0.05, 0) is 38.5 Å². The molecule has 0 spiro atoms. The Labute approximate surface area is 373 Å². The van der Waals surface area contributed by atoms with Crippen LogP contribution in [0, 0.1) is 0 Å². The second-order valence-corrected chi connectivity index (χ2v) is 20.3. The molecule has 0 aliphatic rings. The molecule has 0 rings (SSSR count). The van der Waals surface area contributed by atoms with Gasteiger partial charge in [0.15, 0.2) is 0 Å². The Morgan fingerprint density at radius 1 is 0.500 bits per heavy atom. The van der Waals surface area contributed by atoms with Crippen molar-refractivity contribution >= 4 is 13.8 Å². The molecule has 0 N–H and O–H groups in total. The Morgan fingerprint density at radius 3 is 1.30 bits per heavy atom. The highest BCUT2D eigenvalue weighted by Crippen LogP contribution is 2.38. The van der Waals surface area contributed by atoms with Crippen molar-refractivity contribution in [2.45, 2.75) is 258 Å². The third-order valence-corrected chi connectivity index (χ3v) is 12.5. The molecule has 0 saturated carbocycles. The molecule has 0 radical (unpaired) electrons. The maximum Gasteiger partial charge on any atom is 0.306 e. The highest BCUT2D eigenvalue weighted by Gasteiger charge is 2.20. The summed E-state index contributed by atoms with van der Waals surface area (Å²) in [4.78, 5) is 25.1. The number of quaternary nitrogens is 1. The summed E-state index contributed by atoms with van der Waals surface area (Å²) >= 11 is 0. The first-order valence-electron chi connectivity index (χ1n) is 25.9. The summed E-state index contributed by atoms with van der Waals surface area (Å²) < 4.78 is 34.7. The molecule has 0 bridgehead atoms. The molecule has 0 aromatic heterocycles. The summed E-state index contributed by atoms with van der Waals surface area (Å²) in [6, 6.07) is 0. The summed E-state index contributed by atoms with van der Waals surface area (Å²) in [5.74, 6) is -0.330. The molecule has 9 heteroatoms. The van der Waals surface area contributed by atoms with Gasteiger partial charge in [0, 0.05) is 13.0 Å². The molecule has 0 saturated heterocycles. The van der Waals surface area contributed by atoms with E-state index in [9.17, 15) is 14.3 Å². The fraction of sp³-hybridized carbons (Fsp3) is 0.941. The van der Waals surface area contributed by atoms with Crippen molar-refractivity contribution in [3.63, 3.8) is 0 Å². The number of hydrogen-bond acceptors (Lipinski definition) is 7. The van der Waals surface area contributed by atoms with Gasteiger partial charge in [0.25, 0.3) is 7.82 Å². The van der Waals surface area contributed by atoms with Crippen molar-refractivity contribution < 1.29 is 37.3 Å². The van der Waals surface area contributed by atoms with Crippen LogP contribution in [0.1, 0.15) is 251 Å². The summed E-state index contributed by atoms with van der Waals surface area (Å²) in [5, 5.41) is 0. The monoisotopic (exact) mass is 872 g/mol. The van der Waals surface area contributed by atoms with E-state index in [1.165, 1.54) is 199 Å². The molecule has 358 valence electrons. The average Bonchev–Trinajstić information content (AvgIpc) is 3.20. The van der Waals surface area contributed by atoms with Crippen LogP contribution in [-0.4, -0.2) is 70.7 Å². The van der Waals surface area contributed by atoms with E-state index in [2.05, 4.69) is 26.0 Å². The molecule has 0 amide bonds. The SMILES string of the molecule is CCCCC/C=C\CCCCCCCCOCC(COP(=O)([O-])OCC[N+](C)(C)C)OC(=O)CCCCCCCCCCCCCCCCCCCCCCCCCCC. The van der Waals surface area contributed by atoms with Crippen molar-refractivity contribution in [2.24, 2.45) is 0 Å². The van der Waals surface area contributed by atoms with E-state index >= 15 is 0 Å². The van der Waals surface area contributed by atoms with Gasteiger partial charge in [-0.25, -0.2) is 0 Å². The van der Waals surface area contributed by atoms with E-state index in [1.54, 1.807) is 0 Å². The molecule has 0 aromatic rings. The van der Waals surface area contributed by atoms with E-state index < -0.39 is 13.9 Å². The van der Waals surface area contributed by atoms with Gasteiger partial charge in [-0.1, -0.05) is 219 Å². The zero-order chi connectivity index (χ0) is 44.1. The Bertz CT molecular complexity index is 972. The zero-order valence-electron chi connectivity index (χ0n) is 40.7. The Hall–Kier alpha value is -0.760. The lowest BCUT2D eigenvalue weighted by atomic mass is 10.0. The molecular formula is C51H102NO7P. The summed E-state index contributed by atoms with van der Waals surface area (Å²) in [6.45, 7) is 5.43. The number of carbonyl (C=O) groups is 1. The predicted molar refractivity (Wildman–Crippen MR) is 254 cm³/mol. The molecule has 0 aliphatic carbocycles.